The van der Waals surface area contributed by atoms with Crippen molar-refractivity contribution in [3.63, 3.8) is 0 Å². The van der Waals surface area contributed by atoms with E-state index in [2.05, 4.69) is 11.8 Å². The zero-order chi connectivity index (χ0) is 6.86. The molecule has 2 aliphatic heterocycles. The lowest BCUT2D eigenvalue weighted by atomic mass is 9.84. The minimum atomic E-state index is 0.723. The first-order valence-electron chi connectivity index (χ1n) is 4.07. The van der Waals surface area contributed by atoms with Gasteiger partial charge in [-0.3, -0.25) is 0 Å². The highest BCUT2D eigenvalue weighted by Crippen LogP contribution is 2.45. The van der Waals surface area contributed by atoms with Crippen LogP contribution in [0.2, 0.25) is 0 Å². The molecule has 2 saturated heterocycles. The van der Waals surface area contributed by atoms with Gasteiger partial charge in [0.1, 0.15) is 0 Å². The SMILES string of the molecule is C1COCCC2(C1)CSC2. The molecule has 0 unspecified atom stereocenters. The molecule has 0 atom stereocenters. The number of rotatable bonds is 0. The fraction of sp³-hybridized carbons (Fsp3) is 1.00. The van der Waals surface area contributed by atoms with E-state index in [1.807, 2.05) is 0 Å². The molecule has 2 rings (SSSR count). The molecule has 0 bridgehead atoms. The number of hydrogen-bond donors (Lipinski definition) is 0. The van der Waals surface area contributed by atoms with E-state index in [-0.39, 0.29) is 0 Å². The van der Waals surface area contributed by atoms with Gasteiger partial charge in [-0.1, -0.05) is 0 Å². The topological polar surface area (TPSA) is 9.23 Å². The lowest BCUT2D eigenvalue weighted by Gasteiger charge is -2.40. The number of ether oxygens (including phenoxy) is 1. The van der Waals surface area contributed by atoms with E-state index >= 15 is 0 Å². The summed E-state index contributed by atoms with van der Waals surface area (Å²) in [5.41, 5.74) is 0.723. The zero-order valence-electron chi connectivity index (χ0n) is 6.27. The van der Waals surface area contributed by atoms with Gasteiger partial charge in [0.25, 0.3) is 0 Å². The molecule has 0 saturated carbocycles. The van der Waals surface area contributed by atoms with Gasteiger partial charge < -0.3 is 4.74 Å². The predicted molar refractivity (Wildman–Crippen MR) is 44.4 cm³/mol. The second-order valence-electron chi connectivity index (χ2n) is 3.46. The van der Waals surface area contributed by atoms with Crippen molar-refractivity contribution in [2.75, 3.05) is 24.7 Å². The summed E-state index contributed by atoms with van der Waals surface area (Å²) < 4.78 is 5.42. The summed E-state index contributed by atoms with van der Waals surface area (Å²) in [5, 5.41) is 0. The standard InChI is InChI=1S/C8H14OS/c1-2-8(6-10-7-8)3-5-9-4-1/h1-7H2. The van der Waals surface area contributed by atoms with Crippen LogP contribution in [0.4, 0.5) is 0 Å². The highest BCUT2D eigenvalue weighted by molar-refractivity contribution is 8.00. The van der Waals surface area contributed by atoms with Gasteiger partial charge in [-0.25, -0.2) is 0 Å². The van der Waals surface area contributed by atoms with E-state index < -0.39 is 0 Å². The van der Waals surface area contributed by atoms with Gasteiger partial charge in [-0.2, -0.15) is 11.8 Å². The van der Waals surface area contributed by atoms with Gasteiger partial charge in [0, 0.05) is 13.2 Å². The maximum absolute atomic E-state index is 5.42. The summed E-state index contributed by atoms with van der Waals surface area (Å²) in [6, 6.07) is 0. The van der Waals surface area contributed by atoms with Crippen molar-refractivity contribution in [2.24, 2.45) is 5.41 Å². The van der Waals surface area contributed by atoms with Crippen LogP contribution in [0.3, 0.4) is 0 Å². The molecule has 1 nitrogen and oxygen atoms in total. The average Bonchev–Trinajstić information content (AvgIpc) is 2.08. The largest absolute Gasteiger partial charge is 0.381 e. The summed E-state index contributed by atoms with van der Waals surface area (Å²) >= 11 is 2.10. The molecule has 0 amide bonds. The van der Waals surface area contributed by atoms with E-state index in [0.717, 1.165) is 18.6 Å². The van der Waals surface area contributed by atoms with Gasteiger partial charge in [0.15, 0.2) is 0 Å². The molecular weight excluding hydrogens is 144 g/mol. The maximum atomic E-state index is 5.42. The second kappa shape index (κ2) is 2.74. The van der Waals surface area contributed by atoms with Crippen LogP contribution in [-0.4, -0.2) is 24.7 Å². The van der Waals surface area contributed by atoms with E-state index in [9.17, 15) is 0 Å². The Balaban J connectivity index is 1.92. The Morgan fingerprint density at radius 1 is 1.10 bits per heavy atom. The Morgan fingerprint density at radius 2 is 2.00 bits per heavy atom. The second-order valence-corrected chi connectivity index (χ2v) is 4.44. The smallest absolute Gasteiger partial charge is 0.0471 e. The molecule has 0 aliphatic carbocycles. The lowest BCUT2D eigenvalue weighted by molar-refractivity contribution is 0.136. The van der Waals surface area contributed by atoms with Crippen LogP contribution in [0, 0.1) is 5.41 Å². The molecule has 0 aromatic rings. The highest BCUT2D eigenvalue weighted by Gasteiger charge is 2.37. The van der Waals surface area contributed by atoms with Crippen LogP contribution in [-0.2, 0) is 4.74 Å². The summed E-state index contributed by atoms with van der Waals surface area (Å²) in [5.74, 6) is 2.80. The third kappa shape index (κ3) is 1.19. The quantitative estimate of drug-likeness (QED) is 0.532. The third-order valence-electron chi connectivity index (χ3n) is 2.59. The molecule has 1 spiro atoms. The first kappa shape index (κ1) is 6.99. The molecule has 2 fully saturated rings. The van der Waals surface area contributed by atoms with Crippen LogP contribution in [0.5, 0.6) is 0 Å². The van der Waals surface area contributed by atoms with Gasteiger partial charge in [0.2, 0.25) is 0 Å². The Morgan fingerprint density at radius 3 is 2.70 bits per heavy atom. The minimum absolute atomic E-state index is 0.723. The first-order chi connectivity index (χ1) is 4.91. The molecule has 10 heavy (non-hydrogen) atoms. The van der Waals surface area contributed by atoms with E-state index in [4.69, 9.17) is 4.74 Å². The van der Waals surface area contributed by atoms with E-state index in [1.54, 1.807) is 0 Å². The van der Waals surface area contributed by atoms with Gasteiger partial charge in [-0.15, -0.1) is 0 Å². The molecule has 2 heterocycles. The van der Waals surface area contributed by atoms with Gasteiger partial charge >= 0.3 is 0 Å². The van der Waals surface area contributed by atoms with Crippen molar-refractivity contribution >= 4 is 11.8 Å². The normalized spacial score (nSPS) is 31.2. The van der Waals surface area contributed by atoms with E-state index in [1.165, 1.54) is 30.8 Å². The van der Waals surface area contributed by atoms with Crippen LogP contribution in [0.25, 0.3) is 0 Å². The van der Waals surface area contributed by atoms with Crippen molar-refractivity contribution in [3.8, 4) is 0 Å². The van der Waals surface area contributed by atoms with Crippen molar-refractivity contribution in [1.82, 2.24) is 0 Å². The Labute approximate surface area is 66.5 Å². The van der Waals surface area contributed by atoms with E-state index in [0.29, 0.717) is 0 Å². The predicted octanol–water partition coefficient (Wildman–Crippen LogP) is 1.92. The van der Waals surface area contributed by atoms with Gasteiger partial charge in [0.05, 0.1) is 0 Å². The first-order valence-corrected chi connectivity index (χ1v) is 5.22. The van der Waals surface area contributed by atoms with Crippen LogP contribution >= 0.6 is 11.8 Å². The summed E-state index contributed by atoms with van der Waals surface area (Å²) in [6.07, 6.45) is 4.03. The summed E-state index contributed by atoms with van der Waals surface area (Å²) in [7, 11) is 0. The highest BCUT2D eigenvalue weighted by atomic mass is 32.2. The van der Waals surface area contributed by atoms with Crippen LogP contribution in [0.15, 0.2) is 0 Å². The number of thioether (sulfide) groups is 1. The monoisotopic (exact) mass is 158 g/mol. The fourth-order valence-corrected chi connectivity index (χ4v) is 3.10. The number of hydrogen-bond acceptors (Lipinski definition) is 2. The maximum Gasteiger partial charge on any atom is 0.0471 e. The zero-order valence-corrected chi connectivity index (χ0v) is 7.08. The fourth-order valence-electron chi connectivity index (χ4n) is 1.74. The summed E-state index contributed by atoms with van der Waals surface area (Å²) in [6.45, 7) is 2.02. The summed E-state index contributed by atoms with van der Waals surface area (Å²) in [4.78, 5) is 0. The molecule has 0 aromatic heterocycles. The Kier molecular flexibility index (Phi) is 1.92. The molecule has 0 N–H and O–H groups in total. The lowest BCUT2D eigenvalue weighted by Crippen LogP contribution is -2.35. The molecule has 0 aromatic carbocycles. The third-order valence-corrected chi connectivity index (χ3v) is 4.22. The Hall–Kier alpha value is 0.310. The van der Waals surface area contributed by atoms with Crippen molar-refractivity contribution in [2.45, 2.75) is 19.3 Å². The molecular formula is C8H14OS. The molecule has 2 aliphatic rings. The van der Waals surface area contributed by atoms with Crippen LogP contribution < -0.4 is 0 Å². The average molecular weight is 158 g/mol. The van der Waals surface area contributed by atoms with Crippen LogP contribution in [0.1, 0.15) is 19.3 Å². The molecule has 58 valence electrons. The molecule has 2 heteroatoms. The Bertz CT molecular complexity index is 110. The van der Waals surface area contributed by atoms with Gasteiger partial charge in [-0.05, 0) is 36.2 Å². The van der Waals surface area contributed by atoms with Crippen molar-refractivity contribution in [3.05, 3.63) is 0 Å². The van der Waals surface area contributed by atoms with Crippen molar-refractivity contribution < 1.29 is 4.74 Å². The van der Waals surface area contributed by atoms with Crippen molar-refractivity contribution in [1.29, 1.82) is 0 Å². The molecule has 0 radical (unpaired) electrons. The minimum Gasteiger partial charge on any atom is -0.381 e.